The van der Waals surface area contributed by atoms with Crippen molar-refractivity contribution in [3.05, 3.63) is 46.6 Å². The van der Waals surface area contributed by atoms with Crippen molar-refractivity contribution < 1.29 is 4.79 Å². The van der Waals surface area contributed by atoms with Gasteiger partial charge >= 0.3 is 0 Å². The van der Waals surface area contributed by atoms with E-state index in [2.05, 4.69) is 10.4 Å². The molecule has 5 heteroatoms. The van der Waals surface area contributed by atoms with Gasteiger partial charge in [-0.2, -0.15) is 5.10 Å². The number of nitrogens with one attached hydrogen (secondary N) is 1. The van der Waals surface area contributed by atoms with Crippen LogP contribution in [0.1, 0.15) is 18.1 Å². The first-order chi connectivity index (χ1) is 9.10. The molecule has 19 heavy (non-hydrogen) atoms. The molecular weight excluding hydrogens is 262 g/mol. The highest BCUT2D eigenvalue weighted by Crippen LogP contribution is 2.15. The largest absolute Gasteiger partial charge is 0.310 e. The minimum absolute atomic E-state index is 0.0550. The van der Waals surface area contributed by atoms with E-state index in [0.717, 1.165) is 23.5 Å². The molecule has 1 heterocycles. The Morgan fingerprint density at radius 3 is 2.68 bits per heavy atom. The topological polar surface area (TPSA) is 46.9 Å². The molecule has 0 bridgehead atoms. The molecule has 1 N–H and O–H groups in total. The van der Waals surface area contributed by atoms with Gasteiger partial charge in [0.2, 0.25) is 5.91 Å². The molecule has 0 saturated heterocycles. The molecule has 1 aromatic carbocycles. The number of nitrogens with zero attached hydrogens (tertiary/aromatic N) is 2. The van der Waals surface area contributed by atoms with Crippen molar-refractivity contribution in [1.29, 1.82) is 0 Å². The molecule has 2 rings (SSSR count). The van der Waals surface area contributed by atoms with E-state index in [1.165, 1.54) is 0 Å². The number of hydrogen-bond donors (Lipinski definition) is 1. The summed E-state index contributed by atoms with van der Waals surface area (Å²) >= 11 is 5.81. The van der Waals surface area contributed by atoms with E-state index in [1.807, 2.05) is 26.0 Å². The summed E-state index contributed by atoms with van der Waals surface area (Å²) in [4.78, 5) is 12.0. The highest BCUT2D eigenvalue weighted by atomic mass is 35.5. The molecule has 2 aromatic rings. The third-order valence-corrected chi connectivity index (χ3v) is 3.11. The summed E-state index contributed by atoms with van der Waals surface area (Å²) in [5, 5.41) is 7.76. The molecule has 100 valence electrons. The average molecular weight is 278 g/mol. The second-order valence-electron chi connectivity index (χ2n) is 4.34. The van der Waals surface area contributed by atoms with Crippen LogP contribution < -0.4 is 5.32 Å². The van der Waals surface area contributed by atoms with Crippen LogP contribution >= 0.6 is 11.6 Å². The first kappa shape index (κ1) is 13.6. The van der Waals surface area contributed by atoms with Crippen LogP contribution in [0.15, 0.2) is 30.5 Å². The predicted octanol–water partition coefficient (Wildman–Crippen LogP) is 3.05. The van der Waals surface area contributed by atoms with Crippen molar-refractivity contribution in [2.45, 2.75) is 26.8 Å². The summed E-state index contributed by atoms with van der Waals surface area (Å²) in [5.41, 5.74) is 1.90. The molecule has 0 spiro atoms. The Morgan fingerprint density at radius 2 is 2.05 bits per heavy atom. The fourth-order valence-corrected chi connectivity index (χ4v) is 1.97. The van der Waals surface area contributed by atoms with Crippen LogP contribution in [0.2, 0.25) is 5.02 Å². The number of anilines is 1. The van der Waals surface area contributed by atoms with Crippen molar-refractivity contribution in [3.63, 3.8) is 0 Å². The van der Waals surface area contributed by atoms with E-state index < -0.39 is 0 Å². The molecule has 1 aromatic heterocycles. The minimum atomic E-state index is -0.0550. The van der Waals surface area contributed by atoms with Gasteiger partial charge in [-0.3, -0.25) is 4.79 Å². The summed E-state index contributed by atoms with van der Waals surface area (Å²) in [5.74, 6) is 0.710. The van der Waals surface area contributed by atoms with Gasteiger partial charge in [0.05, 0.1) is 12.6 Å². The van der Waals surface area contributed by atoms with Gasteiger partial charge in [-0.05, 0) is 31.5 Å². The highest BCUT2D eigenvalue weighted by molar-refractivity contribution is 6.30. The number of carbonyl (C=O) groups excluding carboxylic acids is 1. The first-order valence-corrected chi connectivity index (χ1v) is 6.54. The van der Waals surface area contributed by atoms with Gasteiger partial charge in [0, 0.05) is 17.1 Å². The highest BCUT2D eigenvalue weighted by Gasteiger charge is 2.10. The second-order valence-corrected chi connectivity index (χ2v) is 4.78. The Hall–Kier alpha value is -1.81. The summed E-state index contributed by atoms with van der Waals surface area (Å²) in [6.45, 7) is 4.64. The minimum Gasteiger partial charge on any atom is -0.310 e. The van der Waals surface area contributed by atoms with Crippen molar-refractivity contribution in [1.82, 2.24) is 9.78 Å². The predicted molar refractivity (Wildman–Crippen MR) is 76.4 cm³/mol. The van der Waals surface area contributed by atoms with E-state index >= 15 is 0 Å². The number of benzene rings is 1. The Labute approximate surface area is 117 Å². The maximum absolute atomic E-state index is 12.0. The summed E-state index contributed by atoms with van der Waals surface area (Å²) in [6.07, 6.45) is 2.08. The molecule has 1 amide bonds. The molecule has 0 fully saturated rings. The SMILES string of the molecule is CCn1ncc(C)c1NC(=O)Cc1ccc(Cl)cc1. The lowest BCUT2D eigenvalue weighted by molar-refractivity contribution is -0.115. The third kappa shape index (κ3) is 3.35. The molecule has 0 unspecified atom stereocenters. The summed E-state index contributed by atoms with van der Waals surface area (Å²) in [7, 11) is 0. The average Bonchev–Trinajstić information content (AvgIpc) is 2.73. The number of rotatable bonds is 4. The lowest BCUT2D eigenvalue weighted by Gasteiger charge is -2.08. The lowest BCUT2D eigenvalue weighted by Crippen LogP contribution is -2.18. The molecular formula is C14H16ClN3O. The van der Waals surface area contributed by atoms with Crippen molar-refractivity contribution >= 4 is 23.3 Å². The molecule has 0 aliphatic heterocycles. The van der Waals surface area contributed by atoms with Crippen LogP contribution in [0.3, 0.4) is 0 Å². The molecule has 0 aliphatic carbocycles. The van der Waals surface area contributed by atoms with Gasteiger partial charge in [-0.1, -0.05) is 23.7 Å². The zero-order chi connectivity index (χ0) is 13.8. The second kappa shape index (κ2) is 5.89. The molecule has 0 radical (unpaired) electrons. The summed E-state index contributed by atoms with van der Waals surface area (Å²) < 4.78 is 1.77. The van der Waals surface area contributed by atoms with Crippen molar-refractivity contribution in [2.24, 2.45) is 0 Å². The number of halogens is 1. The maximum Gasteiger partial charge on any atom is 0.229 e. The van der Waals surface area contributed by atoms with E-state index in [9.17, 15) is 4.79 Å². The van der Waals surface area contributed by atoms with Gasteiger partial charge in [0.15, 0.2) is 0 Å². The molecule has 0 atom stereocenters. The quantitative estimate of drug-likeness (QED) is 0.934. The maximum atomic E-state index is 12.0. The number of hydrogen-bond acceptors (Lipinski definition) is 2. The van der Waals surface area contributed by atoms with Crippen molar-refractivity contribution in [2.75, 3.05) is 5.32 Å². The first-order valence-electron chi connectivity index (χ1n) is 6.17. The number of aryl methyl sites for hydroxylation is 2. The summed E-state index contributed by atoms with van der Waals surface area (Å²) in [6, 6.07) is 7.27. The standard InChI is InChI=1S/C14H16ClN3O/c1-3-18-14(10(2)9-16-18)17-13(19)8-11-4-6-12(15)7-5-11/h4-7,9H,3,8H2,1-2H3,(H,17,19). The van der Waals surface area contributed by atoms with Crippen LogP contribution in [-0.2, 0) is 17.8 Å². The van der Waals surface area contributed by atoms with Gasteiger partial charge in [0.1, 0.15) is 5.82 Å². The fourth-order valence-electron chi connectivity index (χ4n) is 1.85. The molecule has 0 aliphatic rings. The van der Waals surface area contributed by atoms with Crippen LogP contribution in [-0.4, -0.2) is 15.7 Å². The Balaban J connectivity index is 2.05. The van der Waals surface area contributed by atoms with E-state index in [-0.39, 0.29) is 5.91 Å². The van der Waals surface area contributed by atoms with Gasteiger partial charge in [-0.15, -0.1) is 0 Å². The van der Waals surface area contributed by atoms with Crippen LogP contribution in [0.5, 0.6) is 0 Å². The fraction of sp³-hybridized carbons (Fsp3) is 0.286. The molecule has 0 saturated carbocycles. The number of carbonyl (C=O) groups is 1. The zero-order valence-corrected chi connectivity index (χ0v) is 11.7. The normalized spacial score (nSPS) is 10.5. The van der Waals surface area contributed by atoms with Crippen LogP contribution in [0, 0.1) is 6.92 Å². The van der Waals surface area contributed by atoms with E-state index in [0.29, 0.717) is 11.4 Å². The third-order valence-electron chi connectivity index (χ3n) is 2.86. The number of amides is 1. The zero-order valence-electron chi connectivity index (χ0n) is 11.0. The van der Waals surface area contributed by atoms with Crippen LogP contribution in [0.25, 0.3) is 0 Å². The Kier molecular flexibility index (Phi) is 4.22. The van der Waals surface area contributed by atoms with E-state index in [4.69, 9.17) is 11.6 Å². The van der Waals surface area contributed by atoms with Crippen LogP contribution in [0.4, 0.5) is 5.82 Å². The van der Waals surface area contributed by atoms with E-state index in [1.54, 1.807) is 23.0 Å². The van der Waals surface area contributed by atoms with Gasteiger partial charge in [-0.25, -0.2) is 4.68 Å². The van der Waals surface area contributed by atoms with Crippen molar-refractivity contribution in [3.8, 4) is 0 Å². The van der Waals surface area contributed by atoms with Gasteiger partial charge in [0.25, 0.3) is 0 Å². The molecule has 4 nitrogen and oxygen atoms in total. The Bertz CT molecular complexity index is 575. The van der Waals surface area contributed by atoms with Gasteiger partial charge < -0.3 is 5.32 Å². The lowest BCUT2D eigenvalue weighted by atomic mass is 10.1. The number of aromatic nitrogens is 2. The Morgan fingerprint density at radius 1 is 1.37 bits per heavy atom. The monoisotopic (exact) mass is 277 g/mol. The smallest absolute Gasteiger partial charge is 0.229 e.